The summed E-state index contributed by atoms with van der Waals surface area (Å²) in [5.41, 5.74) is -1.42. The second kappa shape index (κ2) is 7.24. The highest BCUT2D eigenvalue weighted by molar-refractivity contribution is 5.76. The molecule has 0 aromatic heterocycles. The maximum absolute atomic E-state index is 11.4. The van der Waals surface area contributed by atoms with E-state index in [4.69, 9.17) is 9.84 Å². The average molecular weight is 247 g/mol. The molecular formula is C11H21NO5. The van der Waals surface area contributed by atoms with Gasteiger partial charge in [-0.3, -0.25) is 9.59 Å². The first kappa shape index (κ1) is 15.9. The van der Waals surface area contributed by atoms with E-state index in [1.54, 1.807) is 7.11 Å². The van der Waals surface area contributed by atoms with Crippen LogP contribution in [0.2, 0.25) is 0 Å². The largest absolute Gasteiger partial charge is 0.481 e. The molecule has 0 spiro atoms. The SMILES string of the molecule is COCC(C)CC(=O)NCC(C)(O)CC(=O)O. The number of carboxylic acid groups (broad SMARTS) is 1. The van der Waals surface area contributed by atoms with Gasteiger partial charge in [0.1, 0.15) is 0 Å². The lowest BCUT2D eigenvalue weighted by atomic mass is 10.0. The lowest BCUT2D eigenvalue weighted by molar-refractivity contribution is -0.142. The first-order valence-electron chi connectivity index (χ1n) is 5.46. The van der Waals surface area contributed by atoms with E-state index >= 15 is 0 Å². The number of hydrogen-bond donors (Lipinski definition) is 3. The van der Waals surface area contributed by atoms with Crippen LogP contribution in [0, 0.1) is 5.92 Å². The molecule has 2 atom stereocenters. The van der Waals surface area contributed by atoms with Gasteiger partial charge >= 0.3 is 5.97 Å². The van der Waals surface area contributed by atoms with Crippen molar-refractivity contribution >= 4 is 11.9 Å². The minimum atomic E-state index is -1.42. The Balaban J connectivity index is 3.94. The average Bonchev–Trinajstić information content (AvgIpc) is 2.13. The smallest absolute Gasteiger partial charge is 0.306 e. The van der Waals surface area contributed by atoms with Gasteiger partial charge in [-0.1, -0.05) is 6.92 Å². The van der Waals surface area contributed by atoms with Crippen LogP contribution >= 0.6 is 0 Å². The van der Waals surface area contributed by atoms with Gasteiger partial charge in [0.15, 0.2) is 0 Å². The minimum Gasteiger partial charge on any atom is -0.481 e. The molecule has 0 bridgehead atoms. The molecule has 0 saturated carbocycles. The van der Waals surface area contributed by atoms with E-state index < -0.39 is 18.0 Å². The Morgan fingerprint density at radius 1 is 1.47 bits per heavy atom. The van der Waals surface area contributed by atoms with Gasteiger partial charge in [0.2, 0.25) is 5.91 Å². The van der Waals surface area contributed by atoms with Crippen molar-refractivity contribution in [3.63, 3.8) is 0 Å². The predicted octanol–water partition coefficient (Wildman–Crippen LogP) is 0.000900. The molecule has 0 saturated heterocycles. The van der Waals surface area contributed by atoms with Crippen molar-refractivity contribution in [1.82, 2.24) is 5.32 Å². The molecule has 0 aromatic rings. The summed E-state index contributed by atoms with van der Waals surface area (Å²) in [6.07, 6.45) is -0.113. The van der Waals surface area contributed by atoms with E-state index in [1.165, 1.54) is 6.92 Å². The molecule has 0 fully saturated rings. The van der Waals surface area contributed by atoms with Crippen molar-refractivity contribution in [2.75, 3.05) is 20.3 Å². The maximum Gasteiger partial charge on any atom is 0.306 e. The van der Waals surface area contributed by atoms with Crippen LogP contribution in [0.1, 0.15) is 26.7 Å². The van der Waals surface area contributed by atoms with Gasteiger partial charge in [0.05, 0.1) is 12.0 Å². The number of carbonyl (C=O) groups excluding carboxylic acids is 1. The number of aliphatic carboxylic acids is 1. The van der Waals surface area contributed by atoms with Crippen molar-refractivity contribution in [3.8, 4) is 0 Å². The van der Waals surface area contributed by atoms with Crippen LogP contribution < -0.4 is 5.32 Å². The first-order chi connectivity index (χ1) is 7.76. The van der Waals surface area contributed by atoms with Crippen LogP contribution in [0.3, 0.4) is 0 Å². The molecule has 2 unspecified atom stereocenters. The fraction of sp³-hybridized carbons (Fsp3) is 0.818. The number of ether oxygens (including phenoxy) is 1. The van der Waals surface area contributed by atoms with Gasteiger partial charge in [0, 0.05) is 26.7 Å². The maximum atomic E-state index is 11.4. The van der Waals surface area contributed by atoms with E-state index in [0.29, 0.717) is 6.61 Å². The van der Waals surface area contributed by atoms with Crippen molar-refractivity contribution in [2.45, 2.75) is 32.3 Å². The third kappa shape index (κ3) is 8.65. The van der Waals surface area contributed by atoms with Crippen molar-refractivity contribution in [3.05, 3.63) is 0 Å². The van der Waals surface area contributed by atoms with Crippen LogP contribution in [0.4, 0.5) is 0 Å². The summed E-state index contributed by atoms with van der Waals surface area (Å²) in [4.78, 5) is 21.9. The Bertz CT molecular complexity index is 265. The molecule has 0 aliphatic carbocycles. The Morgan fingerprint density at radius 3 is 2.53 bits per heavy atom. The Kier molecular flexibility index (Phi) is 6.75. The fourth-order valence-corrected chi connectivity index (χ4v) is 1.41. The molecule has 0 aliphatic heterocycles. The first-order valence-corrected chi connectivity index (χ1v) is 5.46. The number of methoxy groups -OCH3 is 1. The monoisotopic (exact) mass is 247 g/mol. The minimum absolute atomic E-state index is 0.0716. The molecule has 0 radical (unpaired) electrons. The highest BCUT2D eigenvalue weighted by Crippen LogP contribution is 2.08. The molecule has 17 heavy (non-hydrogen) atoms. The topological polar surface area (TPSA) is 95.9 Å². The van der Waals surface area contributed by atoms with Crippen LogP contribution in [-0.2, 0) is 14.3 Å². The number of hydrogen-bond acceptors (Lipinski definition) is 4. The zero-order valence-corrected chi connectivity index (χ0v) is 10.5. The normalized spacial score (nSPS) is 16.0. The number of carbonyl (C=O) groups is 2. The Hall–Kier alpha value is -1.14. The van der Waals surface area contributed by atoms with Gasteiger partial charge in [-0.05, 0) is 12.8 Å². The standard InChI is InChI=1S/C11H21NO5/c1-8(6-17-3)4-9(13)12-7-11(2,16)5-10(14)15/h8,16H,4-7H2,1-3H3,(H,12,13)(H,14,15). The quantitative estimate of drug-likeness (QED) is 0.561. The van der Waals surface area contributed by atoms with Crippen LogP contribution in [0.5, 0.6) is 0 Å². The molecule has 0 aromatic carbocycles. The third-order valence-electron chi connectivity index (χ3n) is 2.18. The van der Waals surface area contributed by atoms with Gasteiger partial charge in [-0.25, -0.2) is 0 Å². The summed E-state index contributed by atoms with van der Waals surface area (Å²) in [5.74, 6) is -1.23. The second-order valence-corrected chi connectivity index (χ2v) is 4.61. The summed E-state index contributed by atoms with van der Waals surface area (Å²) in [6, 6.07) is 0. The van der Waals surface area contributed by atoms with Gasteiger partial charge < -0.3 is 20.3 Å². The number of aliphatic hydroxyl groups is 1. The van der Waals surface area contributed by atoms with Crippen molar-refractivity contribution in [1.29, 1.82) is 0 Å². The van der Waals surface area contributed by atoms with E-state index in [2.05, 4.69) is 5.32 Å². The number of nitrogens with one attached hydrogen (secondary N) is 1. The summed E-state index contributed by atoms with van der Waals surface area (Å²) < 4.78 is 4.90. The summed E-state index contributed by atoms with van der Waals surface area (Å²) in [5, 5.41) is 20.7. The van der Waals surface area contributed by atoms with Crippen LogP contribution in [0.15, 0.2) is 0 Å². The lowest BCUT2D eigenvalue weighted by Crippen LogP contribution is -2.42. The molecule has 100 valence electrons. The van der Waals surface area contributed by atoms with Crippen molar-refractivity contribution in [2.24, 2.45) is 5.92 Å². The highest BCUT2D eigenvalue weighted by atomic mass is 16.5. The molecule has 1 amide bonds. The summed E-state index contributed by atoms with van der Waals surface area (Å²) in [7, 11) is 1.56. The second-order valence-electron chi connectivity index (χ2n) is 4.61. The molecule has 6 nitrogen and oxygen atoms in total. The highest BCUT2D eigenvalue weighted by Gasteiger charge is 2.24. The predicted molar refractivity (Wildman–Crippen MR) is 61.5 cm³/mol. The zero-order valence-electron chi connectivity index (χ0n) is 10.5. The van der Waals surface area contributed by atoms with E-state index in [9.17, 15) is 14.7 Å². The molecule has 0 rings (SSSR count). The lowest BCUT2D eigenvalue weighted by Gasteiger charge is -2.21. The number of carboxylic acids is 1. The molecule has 3 N–H and O–H groups in total. The van der Waals surface area contributed by atoms with Crippen molar-refractivity contribution < 1.29 is 24.5 Å². The number of amides is 1. The van der Waals surface area contributed by atoms with E-state index in [-0.39, 0.29) is 24.8 Å². The van der Waals surface area contributed by atoms with E-state index in [1.807, 2.05) is 6.92 Å². The van der Waals surface area contributed by atoms with Crippen LogP contribution in [0.25, 0.3) is 0 Å². The molecule has 0 aliphatic rings. The third-order valence-corrected chi connectivity index (χ3v) is 2.18. The van der Waals surface area contributed by atoms with Crippen LogP contribution in [-0.4, -0.2) is 48.0 Å². The van der Waals surface area contributed by atoms with Gasteiger partial charge in [-0.15, -0.1) is 0 Å². The molecular weight excluding hydrogens is 226 g/mol. The van der Waals surface area contributed by atoms with Gasteiger partial charge in [0.25, 0.3) is 0 Å². The van der Waals surface area contributed by atoms with Gasteiger partial charge in [-0.2, -0.15) is 0 Å². The molecule has 0 heterocycles. The summed E-state index contributed by atoms with van der Waals surface area (Å²) >= 11 is 0. The summed E-state index contributed by atoms with van der Waals surface area (Å²) in [6.45, 7) is 3.66. The Morgan fingerprint density at radius 2 is 2.06 bits per heavy atom. The number of rotatable bonds is 8. The van der Waals surface area contributed by atoms with E-state index in [0.717, 1.165) is 0 Å². The fourth-order valence-electron chi connectivity index (χ4n) is 1.41. The zero-order chi connectivity index (χ0) is 13.5. The molecule has 6 heteroatoms. The Labute approximate surface area is 101 Å².